The minimum atomic E-state index is -0.853. The molecule has 0 aliphatic carbocycles. The molecule has 2 rings (SSSR count). The van der Waals surface area contributed by atoms with Crippen molar-refractivity contribution >= 4 is 17.7 Å². The van der Waals surface area contributed by atoms with Crippen molar-refractivity contribution < 1.29 is 23.1 Å². The van der Waals surface area contributed by atoms with Crippen LogP contribution in [0, 0.1) is 11.6 Å². The minimum absolute atomic E-state index is 0.0198. The molecule has 0 aromatic heterocycles. The Kier molecular flexibility index (Phi) is 2.90. The van der Waals surface area contributed by atoms with Gasteiger partial charge in [0.2, 0.25) is 0 Å². The quantitative estimate of drug-likeness (QED) is 0.813. The van der Waals surface area contributed by atoms with Crippen molar-refractivity contribution in [3.8, 4) is 0 Å². The molecule has 0 bridgehead atoms. The van der Waals surface area contributed by atoms with Gasteiger partial charge in [-0.25, -0.2) is 13.6 Å². The number of nitrogens with one attached hydrogen (secondary N) is 2. The third kappa shape index (κ3) is 2.68. The first-order valence-electron chi connectivity index (χ1n) is 4.75. The normalized spacial score (nSPS) is 18.5. The van der Waals surface area contributed by atoms with Crippen LogP contribution in [0.4, 0.5) is 19.3 Å². The molecular weight excluding hydrogens is 234 g/mol. The second-order valence-corrected chi connectivity index (χ2v) is 3.44. The summed E-state index contributed by atoms with van der Waals surface area (Å²) in [6, 6.07) is 1.78. The van der Waals surface area contributed by atoms with Crippen LogP contribution in [-0.2, 0) is 9.53 Å². The van der Waals surface area contributed by atoms with Gasteiger partial charge in [-0.2, -0.15) is 0 Å². The number of rotatable bonds is 2. The summed E-state index contributed by atoms with van der Waals surface area (Å²) >= 11 is 0. The molecule has 7 heteroatoms. The number of amides is 2. The second-order valence-electron chi connectivity index (χ2n) is 3.44. The van der Waals surface area contributed by atoms with E-state index in [2.05, 4.69) is 15.4 Å². The van der Waals surface area contributed by atoms with E-state index in [4.69, 9.17) is 0 Å². The zero-order valence-corrected chi connectivity index (χ0v) is 8.50. The van der Waals surface area contributed by atoms with Crippen LogP contribution in [0.3, 0.4) is 0 Å². The number of ether oxygens (including phenoxy) is 1. The number of hydrogen-bond donors (Lipinski definition) is 2. The molecule has 90 valence electrons. The molecule has 1 saturated heterocycles. The van der Waals surface area contributed by atoms with Gasteiger partial charge in [0.15, 0.2) is 0 Å². The van der Waals surface area contributed by atoms with E-state index in [1.54, 1.807) is 0 Å². The van der Waals surface area contributed by atoms with E-state index >= 15 is 0 Å². The Morgan fingerprint density at radius 1 is 1.35 bits per heavy atom. The maximum Gasteiger partial charge on any atom is 0.407 e. The summed E-state index contributed by atoms with van der Waals surface area (Å²) in [6.45, 7) is -0.109. The molecular formula is C10H8F2N2O3. The third-order valence-corrected chi connectivity index (χ3v) is 2.12. The maximum absolute atomic E-state index is 12.8. The number of cyclic esters (lactones) is 1. The summed E-state index contributed by atoms with van der Waals surface area (Å²) in [4.78, 5) is 22.2. The predicted molar refractivity (Wildman–Crippen MR) is 53.3 cm³/mol. The molecule has 1 fully saturated rings. The maximum atomic E-state index is 12.8. The van der Waals surface area contributed by atoms with Crippen molar-refractivity contribution in [3.63, 3.8) is 0 Å². The number of anilines is 1. The van der Waals surface area contributed by atoms with Crippen molar-refractivity contribution in [2.24, 2.45) is 0 Å². The number of benzene rings is 1. The van der Waals surface area contributed by atoms with Gasteiger partial charge in [-0.1, -0.05) is 0 Å². The predicted octanol–water partition coefficient (Wildman–Crippen LogP) is 1.01. The molecule has 1 unspecified atom stereocenters. The summed E-state index contributed by atoms with van der Waals surface area (Å²) in [5, 5.41) is 4.51. The summed E-state index contributed by atoms with van der Waals surface area (Å²) in [6.07, 6.45) is -0.699. The largest absolute Gasteiger partial charge is 0.447 e. The van der Waals surface area contributed by atoms with Gasteiger partial charge >= 0.3 is 6.09 Å². The molecule has 1 aromatic rings. The highest BCUT2D eigenvalue weighted by atomic mass is 19.1. The Morgan fingerprint density at radius 2 is 2.00 bits per heavy atom. The van der Waals surface area contributed by atoms with E-state index < -0.39 is 29.7 Å². The topological polar surface area (TPSA) is 67.4 Å². The van der Waals surface area contributed by atoms with Crippen LogP contribution in [0.5, 0.6) is 0 Å². The first kappa shape index (κ1) is 11.3. The standard InChI is InChI=1S/C10H8F2N2O3/c11-5-1-6(12)3-7(2-5)13-9(15)8-4-17-10(16)14-8/h1-3,8H,4H2,(H,13,15)(H,14,16). The van der Waals surface area contributed by atoms with Crippen LogP contribution in [0.2, 0.25) is 0 Å². The van der Waals surface area contributed by atoms with Crippen molar-refractivity contribution in [2.75, 3.05) is 11.9 Å². The van der Waals surface area contributed by atoms with Crippen LogP contribution in [0.1, 0.15) is 0 Å². The van der Waals surface area contributed by atoms with Gasteiger partial charge in [0.25, 0.3) is 5.91 Å². The number of carbonyl (C=O) groups excluding carboxylic acids is 2. The highest BCUT2D eigenvalue weighted by Gasteiger charge is 2.28. The summed E-state index contributed by atoms with van der Waals surface area (Å²) < 4.78 is 30.2. The average molecular weight is 242 g/mol. The Balaban J connectivity index is 2.05. The molecule has 1 atom stereocenters. The van der Waals surface area contributed by atoms with Gasteiger partial charge < -0.3 is 15.4 Å². The summed E-state index contributed by atoms with van der Waals surface area (Å²) in [5.74, 6) is -2.19. The number of hydrogen-bond acceptors (Lipinski definition) is 3. The van der Waals surface area contributed by atoms with E-state index in [1.165, 1.54) is 0 Å². The van der Waals surface area contributed by atoms with E-state index in [1.807, 2.05) is 0 Å². The fourth-order valence-electron chi connectivity index (χ4n) is 1.38. The molecule has 0 saturated carbocycles. The highest BCUT2D eigenvalue weighted by molar-refractivity contribution is 5.97. The van der Waals surface area contributed by atoms with Gasteiger partial charge in [-0.15, -0.1) is 0 Å². The third-order valence-electron chi connectivity index (χ3n) is 2.12. The Bertz CT molecular complexity index is 458. The number of carbonyl (C=O) groups is 2. The van der Waals surface area contributed by atoms with Crippen molar-refractivity contribution in [2.45, 2.75) is 6.04 Å². The van der Waals surface area contributed by atoms with Crippen molar-refractivity contribution in [3.05, 3.63) is 29.8 Å². The zero-order valence-electron chi connectivity index (χ0n) is 8.50. The van der Waals surface area contributed by atoms with Gasteiger partial charge in [0, 0.05) is 11.8 Å². The molecule has 2 amide bonds. The lowest BCUT2D eigenvalue weighted by molar-refractivity contribution is -0.117. The highest BCUT2D eigenvalue weighted by Crippen LogP contribution is 2.13. The minimum Gasteiger partial charge on any atom is -0.447 e. The molecule has 0 radical (unpaired) electrons. The van der Waals surface area contributed by atoms with Crippen molar-refractivity contribution in [1.82, 2.24) is 5.32 Å². The lowest BCUT2D eigenvalue weighted by atomic mass is 10.2. The molecule has 2 N–H and O–H groups in total. The molecule has 1 aliphatic heterocycles. The first-order valence-corrected chi connectivity index (χ1v) is 4.75. The number of alkyl carbamates (subject to hydrolysis) is 1. The van der Waals surface area contributed by atoms with Crippen LogP contribution in [0.25, 0.3) is 0 Å². The fourth-order valence-corrected chi connectivity index (χ4v) is 1.38. The molecule has 5 nitrogen and oxygen atoms in total. The van der Waals surface area contributed by atoms with Crippen molar-refractivity contribution in [1.29, 1.82) is 0 Å². The van der Waals surface area contributed by atoms with Crippen LogP contribution >= 0.6 is 0 Å². The van der Waals surface area contributed by atoms with E-state index in [0.29, 0.717) is 6.07 Å². The molecule has 1 heterocycles. The Morgan fingerprint density at radius 3 is 2.53 bits per heavy atom. The van der Waals surface area contributed by atoms with Crippen LogP contribution in [-0.4, -0.2) is 24.6 Å². The zero-order chi connectivity index (χ0) is 12.4. The van der Waals surface area contributed by atoms with E-state index in [9.17, 15) is 18.4 Å². The van der Waals surface area contributed by atoms with Gasteiger partial charge in [0.1, 0.15) is 24.3 Å². The number of halogens is 2. The Hall–Kier alpha value is -2.18. The SMILES string of the molecule is O=C1NC(C(=O)Nc2cc(F)cc(F)c2)CO1. The molecule has 0 spiro atoms. The summed E-state index contributed by atoms with van der Waals surface area (Å²) in [5.41, 5.74) is -0.0198. The van der Waals surface area contributed by atoms with Gasteiger partial charge in [-0.05, 0) is 12.1 Å². The smallest absolute Gasteiger partial charge is 0.407 e. The average Bonchev–Trinajstić information content (AvgIpc) is 2.63. The van der Waals surface area contributed by atoms with Crippen LogP contribution < -0.4 is 10.6 Å². The first-order chi connectivity index (χ1) is 8.04. The lowest BCUT2D eigenvalue weighted by Gasteiger charge is -2.09. The molecule has 1 aromatic carbocycles. The molecule has 17 heavy (non-hydrogen) atoms. The fraction of sp³-hybridized carbons (Fsp3) is 0.200. The monoisotopic (exact) mass is 242 g/mol. The summed E-state index contributed by atoms with van der Waals surface area (Å²) in [7, 11) is 0. The lowest BCUT2D eigenvalue weighted by Crippen LogP contribution is -2.38. The second kappa shape index (κ2) is 4.36. The van der Waals surface area contributed by atoms with Crippen LogP contribution in [0.15, 0.2) is 18.2 Å². The van der Waals surface area contributed by atoms with Gasteiger partial charge in [0.05, 0.1) is 0 Å². The Labute approximate surface area is 94.8 Å². The molecule has 1 aliphatic rings. The van der Waals surface area contributed by atoms with E-state index in [0.717, 1.165) is 12.1 Å². The van der Waals surface area contributed by atoms with Gasteiger partial charge in [-0.3, -0.25) is 4.79 Å². The van der Waals surface area contributed by atoms with E-state index in [-0.39, 0.29) is 12.3 Å².